The number of rotatable bonds is 1. The summed E-state index contributed by atoms with van der Waals surface area (Å²) in [6, 6.07) is 5.52. The first kappa shape index (κ1) is 17.2. The van der Waals surface area contributed by atoms with Gasteiger partial charge in [-0.2, -0.15) is 27.9 Å². The molecule has 3 aliphatic rings. The fraction of sp³-hybridized carbons (Fsp3) is 0.250. The Morgan fingerprint density at radius 1 is 1.19 bits per heavy atom. The zero-order chi connectivity index (χ0) is 19.4. The van der Waals surface area contributed by atoms with Crippen LogP contribution < -0.4 is 20.2 Å². The topological polar surface area (TPSA) is 93.1 Å². The predicted molar refractivity (Wildman–Crippen MR) is 83.2 cm³/mol. The van der Waals surface area contributed by atoms with E-state index in [0.29, 0.717) is 11.3 Å². The molecule has 140 valence electrons. The van der Waals surface area contributed by atoms with Gasteiger partial charge in [0.25, 0.3) is 0 Å². The molecule has 0 fully saturated rings. The second-order valence-electron chi connectivity index (χ2n) is 5.71. The normalized spacial score (nSPS) is 22.4. The van der Waals surface area contributed by atoms with Crippen molar-refractivity contribution in [1.29, 1.82) is 5.26 Å². The molecule has 0 bridgehead atoms. The van der Waals surface area contributed by atoms with E-state index in [2.05, 4.69) is 14.6 Å². The lowest BCUT2D eigenvalue weighted by Crippen LogP contribution is -2.52. The van der Waals surface area contributed by atoms with Crippen molar-refractivity contribution in [2.45, 2.75) is 12.2 Å². The van der Waals surface area contributed by atoms with Crippen molar-refractivity contribution >= 4 is 11.4 Å². The Bertz CT molecular complexity index is 965. The zero-order valence-corrected chi connectivity index (χ0v) is 13.4. The van der Waals surface area contributed by atoms with Gasteiger partial charge in [-0.15, -0.1) is 0 Å². The van der Waals surface area contributed by atoms with Gasteiger partial charge >= 0.3 is 12.2 Å². The fourth-order valence-corrected chi connectivity index (χ4v) is 2.78. The second-order valence-corrected chi connectivity index (χ2v) is 5.71. The Hall–Kier alpha value is -3.26. The first-order valence-corrected chi connectivity index (χ1v) is 7.58. The Labute approximate surface area is 149 Å². The molecule has 0 atom stereocenters. The summed E-state index contributed by atoms with van der Waals surface area (Å²) in [7, 11) is 0. The molecule has 27 heavy (non-hydrogen) atoms. The number of para-hydroxylation sites is 1. The maximum atomic E-state index is 13.6. The van der Waals surface area contributed by atoms with Gasteiger partial charge in [0, 0.05) is 5.57 Å². The third-order valence-corrected chi connectivity index (χ3v) is 4.03. The van der Waals surface area contributed by atoms with E-state index < -0.39 is 23.7 Å². The van der Waals surface area contributed by atoms with Crippen molar-refractivity contribution in [3.63, 3.8) is 0 Å². The monoisotopic (exact) mass is 382 g/mol. The van der Waals surface area contributed by atoms with Gasteiger partial charge in [0.15, 0.2) is 11.5 Å². The van der Waals surface area contributed by atoms with Gasteiger partial charge in [-0.25, -0.2) is 5.01 Å². The SMILES string of the molecule is N#CC1=C(N)N(c2cccc3c2OC(F)(F)C(F)(F)O3)N=C2COCC=C21. The van der Waals surface area contributed by atoms with Crippen LogP contribution in [0.4, 0.5) is 23.2 Å². The van der Waals surface area contributed by atoms with Gasteiger partial charge in [-0.1, -0.05) is 6.07 Å². The van der Waals surface area contributed by atoms with Crippen LogP contribution in [0.5, 0.6) is 11.5 Å². The summed E-state index contributed by atoms with van der Waals surface area (Å²) >= 11 is 0. The number of alkyl halides is 4. The predicted octanol–water partition coefficient (Wildman–Crippen LogP) is 2.47. The van der Waals surface area contributed by atoms with E-state index in [9.17, 15) is 22.8 Å². The number of anilines is 1. The maximum Gasteiger partial charge on any atom is 0.507 e. The van der Waals surface area contributed by atoms with Gasteiger partial charge in [0.05, 0.1) is 18.9 Å². The van der Waals surface area contributed by atoms with Crippen molar-refractivity contribution in [2.75, 3.05) is 18.2 Å². The van der Waals surface area contributed by atoms with Crippen LogP contribution in [0, 0.1) is 11.3 Å². The van der Waals surface area contributed by atoms with E-state index in [1.165, 1.54) is 12.1 Å². The molecule has 0 aliphatic carbocycles. The number of fused-ring (bicyclic) bond motifs is 2. The molecule has 3 heterocycles. The molecule has 0 amide bonds. The summed E-state index contributed by atoms with van der Waals surface area (Å²) in [5.41, 5.74) is 6.65. The molecule has 0 saturated heterocycles. The number of hydrazone groups is 1. The standard InChI is InChI=1S/C16H10F4N4O3/c17-15(18)16(19,20)27-13-11(2-1-3-12(13)26-15)24-14(22)9(6-21)8-4-5-25-7-10(8)23-24/h1-4H,5,7,22H2. The number of hydrogen-bond acceptors (Lipinski definition) is 7. The second kappa shape index (κ2) is 5.62. The van der Waals surface area contributed by atoms with Gasteiger partial charge in [0.2, 0.25) is 0 Å². The van der Waals surface area contributed by atoms with Crippen LogP contribution in [0.3, 0.4) is 0 Å². The minimum Gasteiger partial charge on any atom is -0.421 e. The Morgan fingerprint density at radius 2 is 1.93 bits per heavy atom. The lowest BCUT2D eigenvalue weighted by Gasteiger charge is -2.35. The number of hydrogen-bond donors (Lipinski definition) is 1. The van der Waals surface area contributed by atoms with Gasteiger partial charge in [-0.05, 0) is 18.2 Å². The van der Waals surface area contributed by atoms with E-state index in [1.54, 1.807) is 6.08 Å². The van der Waals surface area contributed by atoms with Crippen molar-refractivity contribution < 1.29 is 31.8 Å². The molecule has 3 aliphatic heterocycles. The first-order valence-electron chi connectivity index (χ1n) is 7.58. The highest BCUT2D eigenvalue weighted by Crippen LogP contribution is 2.51. The van der Waals surface area contributed by atoms with E-state index in [1.807, 2.05) is 6.07 Å². The summed E-state index contributed by atoms with van der Waals surface area (Å²) in [6.45, 7) is 0.313. The largest absolute Gasteiger partial charge is 0.507 e. The Balaban J connectivity index is 1.87. The van der Waals surface area contributed by atoms with Crippen molar-refractivity contribution in [1.82, 2.24) is 0 Å². The van der Waals surface area contributed by atoms with Gasteiger partial charge in [0.1, 0.15) is 23.2 Å². The number of nitriles is 1. The molecule has 0 unspecified atom stereocenters. The smallest absolute Gasteiger partial charge is 0.421 e. The molecule has 11 heteroatoms. The van der Waals surface area contributed by atoms with Crippen LogP contribution in [0.1, 0.15) is 0 Å². The van der Waals surface area contributed by atoms with Crippen molar-refractivity contribution in [2.24, 2.45) is 10.8 Å². The van der Waals surface area contributed by atoms with Gasteiger partial charge in [-0.3, -0.25) is 0 Å². The van der Waals surface area contributed by atoms with Crippen LogP contribution in [0.2, 0.25) is 0 Å². The highest BCUT2D eigenvalue weighted by Gasteiger charge is 2.66. The van der Waals surface area contributed by atoms with Gasteiger partial charge < -0.3 is 19.9 Å². The highest BCUT2D eigenvalue weighted by molar-refractivity contribution is 6.08. The average molecular weight is 382 g/mol. The van der Waals surface area contributed by atoms with Crippen molar-refractivity contribution in [3.8, 4) is 17.6 Å². The van der Waals surface area contributed by atoms with E-state index >= 15 is 0 Å². The average Bonchev–Trinajstić information content (AvgIpc) is 2.61. The molecule has 0 radical (unpaired) electrons. The first-order chi connectivity index (χ1) is 12.7. The molecule has 1 aromatic carbocycles. The van der Waals surface area contributed by atoms with E-state index in [-0.39, 0.29) is 30.3 Å². The van der Waals surface area contributed by atoms with Crippen LogP contribution in [0.25, 0.3) is 0 Å². The third kappa shape index (κ3) is 2.48. The van der Waals surface area contributed by atoms with Crippen LogP contribution in [-0.2, 0) is 4.74 Å². The van der Waals surface area contributed by atoms with Crippen molar-refractivity contribution in [3.05, 3.63) is 41.2 Å². The molecule has 0 saturated carbocycles. The lowest BCUT2D eigenvalue weighted by atomic mass is 9.99. The molecule has 0 aromatic heterocycles. The molecule has 2 N–H and O–H groups in total. The van der Waals surface area contributed by atoms with E-state index in [4.69, 9.17) is 10.5 Å². The molecule has 7 nitrogen and oxygen atoms in total. The van der Waals surface area contributed by atoms with Crippen LogP contribution in [0.15, 0.2) is 46.3 Å². The summed E-state index contributed by atoms with van der Waals surface area (Å²) in [4.78, 5) is 0. The summed E-state index contributed by atoms with van der Waals surface area (Å²) in [6.07, 6.45) is -8.15. The molecular weight excluding hydrogens is 372 g/mol. The minimum absolute atomic E-state index is 0.0507. The molecular formula is C16H10F4N4O3. The quantitative estimate of drug-likeness (QED) is 0.750. The Morgan fingerprint density at radius 3 is 2.67 bits per heavy atom. The third-order valence-electron chi connectivity index (χ3n) is 4.03. The number of ether oxygens (including phenoxy) is 3. The van der Waals surface area contributed by atoms with E-state index in [0.717, 1.165) is 11.1 Å². The minimum atomic E-state index is -4.91. The number of allylic oxidation sites excluding steroid dienone is 1. The summed E-state index contributed by atoms with van der Waals surface area (Å²) in [5.74, 6) is -1.47. The number of nitrogens with zero attached hydrogens (tertiary/aromatic N) is 3. The molecule has 0 spiro atoms. The highest BCUT2D eigenvalue weighted by atomic mass is 19.3. The lowest BCUT2D eigenvalue weighted by molar-refractivity contribution is -0.391. The number of halogens is 4. The number of benzene rings is 1. The summed E-state index contributed by atoms with van der Waals surface area (Å²) < 4.78 is 67.7. The zero-order valence-electron chi connectivity index (χ0n) is 13.4. The molecule has 1 aromatic rings. The summed E-state index contributed by atoms with van der Waals surface area (Å²) in [5, 5.41) is 14.6. The van der Waals surface area contributed by atoms with Crippen LogP contribution in [-0.4, -0.2) is 31.1 Å². The Kier molecular flexibility index (Phi) is 3.57. The molecule has 4 rings (SSSR count). The fourth-order valence-electron chi connectivity index (χ4n) is 2.78. The maximum absolute atomic E-state index is 13.6. The number of nitrogens with two attached hydrogens (primary N) is 1. The van der Waals surface area contributed by atoms with Crippen LogP contribution >= 0.6 is 0 Å².